The summed E-state index contributed by atoms with van der Waals surface area (Å²) in [5.74, 6) is -0.736. The van der Waals surface area contributed by atoms with Gasteiger partial charge in [-0.25, -0.2) is 9.37 Å². The molecule has 26 heavy (non-hydrogen) atoms. The second-order valence-corrected chi connectivity index (χ2v) is 7.77. The number of halogens is 1. The molecule has 2 fully saturated rings. The molecule has 1 aromatic heterocycles. The zero-order chi connectivity index (χ0) is 18.3. The van der Waals surface area contributed by atoms with Crippen molar-refractivity contribution in [3.05, 3.63) is 47.2 Å². The number of nitrogens with zero attached hydrogens (tertiary/aromatic N) is 2. The lowest BCUT2D eigenvalue weighted by Crippen LogP contribution is -2.51. The molecule has 1 aliphatic heterocycles. The Morgan fingerprint density at radius 3 is 2.62 bits per heavy atom. The summed E-state index contributed by atoms with van der Waals surface area (Å²) in [7, 11) is 0. The third-order valence-electron chi connectivity index (χ3n) is 4.76. The number of benzene rings is 1. The molecule has 1 saturated heterocycles. The molecular weight excluding hydrogens is 353 g/mol. The van der Waals surface area contributed by atoms with E-state index >= 15 is 0 Å². The van der Waals surface area contributed by atoms with Gasteiger partial charge in [0.15, 0.2) is 0 Å². The topological polar surface area (TPSA) is 76.3 Å². The molecule has 2 aromatic rings. The third kappa shape index (κ3) is 3.23. The van der Waals surface area contributed by atoms with Crippen LogP contribution in [-0.4, -0.2) is 34.3 Å². The summed E-state index contributed by atoms with van der Waals surface area (Å²) in [6, 6.07) is 5.36. The lowest BCUT2D eigenvalue weighted by molar-refractivity contribution is -0.121. The van der Waals surface area contributed by atoms with Crippen LogP contribution < -0.4 is 5.73 Å². The zero-order valence-corrected chi connectivity index (χ0v) is 15.0. The van der Waals surface area contributed by atoms with Crippen LogP contribution in [0.1, 0.15) is 47.1 Å². The second kappa shape index (κ2) is 6.79. The molecule has 0 spiro atoms. The first-order valence-corrected chi connectivity index (χ1v) is 9.56. The maximum atomic E-state index is 13.3. The number of amides is 2. The number of hydrogen-bond acceptors (Lipinski definition) is 4. The van der Waals surface area contributed by atoms with Crippen LogP contribution in [0, 0.1) is 12.2 Å². The average Bonchev–Trinajstić information content (AvgIpc) is 3.41. The molecule has 2 amide bonds. The van der Waals surface area contributed by atoms with Gasteiger partial charge in [0.2, 0.25) is 5.91 Å². The van der Waals surface area contributed by atoms with Crippen LogP contribution in [0.25, 0.3) is 10.4 Å². The number of likely N-dealkylation sites (tertiary alicyclic amines) is 1. The molecule has 0 bridgehead atoms. The number of primary amides is 1. The lowest BCUT2D eigenvalue weighted by Gasteiger charge is -2.33. The van der Waals surface area contributed by atoms with Crippen molar-refractivity contribution < 1.29 is 14.0 Å². The molecule has 2 aliphatic rings. The molecule has 1 aliphatic carbocycles. The van der Waals surface area contributed by atoms with Gasteiger partial charge in [0, 0.05) is 12.5 Å². The van der Waals surface area contributed by atoms with E-state index < -0.39 is 11.9 Å². The zero-order valence-electron chi connectivity index (χ0n) is 14.2. The van der Waals surface area contributed by atoms with E-state index in [1.807, 2.05) is 0 Å². The van der Waals surface area contributed by atoms with Gasteiger partial charge in [0.1, 0.15) is 17.6 Å². The van der Waals surface area contributed by atoms with Gasteiger partial charge in [0.25, 0.3) is 5.91 Å². The van der Waals surface area contributed by atoms with Crippen molar-refractivity contribution >= 4 is 23.2 Å². The van der Waals surface area contributed by atoms with Crippen LogP contribution in [0.5, 0.6) is 0 Å². The average molecular weight is 372 g/mol. The number of carbonyl (C=O) groups is 2. The molecular formula is C19H19FN3O2S. The SMILES string of the molecule is NC(=O)C1[CH]CCCN1C(=O)c1nc(C2CC2)sc1-c1ccc(F)cc1. The Morgan fingerprint density at radius 1 is 1.23 bits per heavy atom. The van der Waals surface area contributed by atoms with Gasteiger partial charge in [-0.15, -0.1) is 11.3 Å². The molecule has 1 radical (unpaired) electrons. The molecule has 1 aromatic carbocycles. The molecule has 1 unspecified atom stereocenters. The summed E-state index contributed by atoms with van der Waals surface area (Å²) in [5.41, 5.74) is 6.58. The van der Waals surface area contributed by atoms with Gasteiger partial charge in [-0.3, -0.25) is 9.59 Å². The van der Waals surface area contributed by atoms with Crippen LogP contribution in [0.3, 0.4) is 0 Å². The Morgan fingerprint density at radius 2 is 1.96 bits per heavy atom. The van der Waals surface area contributed by atoms with Crippen LogP contribution in [0.4, 0.5) is 4.39 Å². The van der Waals surface area contributed by atoms with Gasteiger partial charge in [-0.2, -0.15) is 0 Å². The van der Waals surface area contributed by atoms with Gasteiger partial charge in [-0.05, 0) is 49.8 Å². The van der Waals surface area contributed by atoms with E-state index in [-0.39, 0.29) is 11.7 Å². The summed E-state index contributed by atoms with van der Waals surface area (Å²) < 4.78 is 13.3. The van der Waals surface area contributed by atoms with Crippen molar-refractivity contribution in [2.75, 3.05) is 6.54 Å². The van der Waals surface area contributed by atoms with E-state index in [2.05, 4.69) is 4.98 Å². The summed E-state index contributed by atoms with van der Waals surface area (Å²) in [4.78, 5) is 31.8. The fraction of sp³-hybridized carbons (Fsp3) is 0.368. The number of piperidine rings is 1. The van der Waals surface area contributed by atoms with Gasteiger partial charge >= 0.3 is 0 Å². The van der Waals surface area contributed by atoms with E-state index in [4.69, 9.17) is 5.73 Å². The number of hydrogen-bond donors (Lipinski definition) is 1. The first-order valence-electron chi connectivity index (χ1n) is 8.75. The van der Waals surface area contributed by atoms with Crippen molar-refractivity contribution in [3.8, 4) is 10.4 Å². The Kier molecular flexibility index (Phi) is 4.48. The van der Waals surface area contributed by atoms with Gasteiger partial charge < -0.3 is 10.6 Å². The van der Waals surface area contributed by atoms with Crippen molar-refractivity contribution in [2.24, 2.45) is 5.73 Å². The van der Waals surface area contributed by atoms with Crippen LogP contribution in [0.15, 0.2) is 24.3 Å². The number of thiazole rings is 1. The highest BCUT2D eigenvalue weighted by Crippen LogP contribution is 2.45. The summed E-state index contributed by atoms with van der Waals surface area (Å²) in [6.07, 6.45) is 5.49. The fourth-order valence-corrected chi connectivity index (χ4v) is 4.45. The standard InChI is InChI=1S/C19H19FN3O2S/c20-13-8-6-11(7-9-13)16-15(22-18(26-16)12-4-5-12)19(25)23-10-2-1-3-14(23)17(21)24/h3,6-9,12,14H,1-2,4-5,10H2,(H2,21,24). The molecule has 4 rings (SSSR count). The van der Waals surface area contributed by atoms with Crippen molar-refractivity contribution in [1.29, 1.82) is 0 Å². The lowest BCUT2D eigenvalue weighted by atomic mass is 10.0. The Labute approximate surface area is 155 Å². The summed E-state index contributed by atoms with van der Waals surface area (Å²) in [5, 5.41) is 0.935. The predicted octanol–water partition coefficient (Wildman–Crippen LogP) is 3.12. The predicted molar refractivity (Wildman–Crippen MR) is 97.0 cm³/mol. The fourth-order valence-electron chi connectivity index (χ4n) is 3.22. The second-order valence-electron chi connectivity index (χ2n) is 6.73. The number of nitrogens with two attached hydrogens (primary N) is 1. The van der Waals surface area contributed by atoms with Crippen LogP contribution in [0.2, 0.25) is 0 Å². The number of aromatic nitrogens is 1. The minimum absolute atomic E-state index is 0.285. The Hall–Kier alpha value is -2.28. The van der Waals surface area contributed by atoms with Crippen molar-refractivity contribution in [2.45, 2.75) is 37.6 Å². The van der Waals surface area contributed by atoms with Crippen LogP contribution in [-0.2, 0) is 4.79 Å². The molecule has 7 heteroatoms. The number of carbonyl (C=O) groups excluding carboxylic acids is 2. The maximum absolute atomic E-state index is 13.3. The first kappa shape index (κ1) is 17.1. The van der Waals surface area contributed by atoms with E-state index in [9.17, 15) is 14.0 Å². The van der Waals surface area contributed by atoms with E-state index in [1.54, 1.807) is 18.6 Å². The molecule has 2 N–H and O–H groups in total. The largest absolute Gasteiger partial charge is 0.368 e. The summed E-state index contributed by atoms with van der Waals surface area (Å²) >= 11 is 1.48. The van der Waals surface area contributed by atoms with E-state index in [1.165, 1.54) is 28.4 Å². The van der Waals surface area contributed by atoms with E-state index in [0.29, 0.717) is 18.2 Å². The first-order chi connectivity index (χ1) is 12.5. The molecule has 1 saturated carbocycles. The Bertz CT molecular complexity index is 845. The van der Waals surface area contributed by atoms with Crippen molar-refractivity contribution in [1.82, 2.24) is 9.88 Å². The molecule has 1 atom stereocenters. The normalized spacial score (nSPS) is 20.2. The minimum Gasteiger partial charge on any atom is -0.368 e. The summed E-state index contributed by atoms with van der Waals surface area (Å²) in [6.45, 7) is 0.474. The molecule has 5 nitrogen and oxygen atoms in total. The van der Waals surface area contributed by atoms with E-state index in [0.717, 1.165) is 41.1 Å². The number of rotatable bonds is 4. The quantitative estimate of drug-likeness (QED) is 0.896. The molecule has 135 valence electrons. The van der Waals surface area contributed by atoms with Gasteiger partial charge in [-0.1, -0.05) is 12.1 Å². The highest BCUT2D eigenvalue weighted by molar-refractivity contribution is 7.15. The van der Waals surface area contributed by atoms with Crippen LogP contribution >= 0.6 is 11.3 Å². The Balaban J connectivity index is 1.73. The van der Waals surface area contributed by atoms with Gasteiger partial charge in [0.05, 0.1) is 9.88 Å². The minimum atomic E-state index is -0.705. The molecule has 2 heterocycles. The highest BCUT2D eigenvalue weighted by atomic mass is 32.1. The highest BCUT2D eigenvalue weighted by Gasteiger charge is 2.36. The monoisotopic (exact) mass is 372 g/mol. The van der Waals surface area contributed by atoms with Crippen molar-refractivity contribution in [3.63, 3.8) is 0 Å². The third-order valence-corrected chi connectivity index (χ3v) is 6.03. The smallest absolute Gasteiger partial charge is 0.274 e. The maximum Gasteiger partial charge on any atom is 0.274 e.